The second kappa shape index (κ2) is 31.4. The number of carbonyl (C=O) groups excluding carboxylic acids is 1. The van der Waals surface area contributed by atoms with Crippen molar-refractivity contribution in [2.45, 2.75) is 162 Å². The zero-order valence-corrected chi connectivity index (χ0v) is 41.6. The third-order valence-corrected chi connectivity index (χ3v) is 16.3. The number of nitrogens with two attached hydrogens (primary N) is 3. The van der Waals surface area contributed by atoms with Gasteiger partial charge in [-0.1, -0.05) is 64.9 Å². The third kappa shape index (κ3) is 17.0. The van der Waals surface area contributed by atoms with Gasteiger partial charge in [0.05, 0.1) is 58.0 Å². The molecule has 4 aliphatic rings. The first-order valence-electron chi connectivity index (χ1n) is 26.4. The lowest BCUT2D eigenvalue weighted by molar-refractivity contribution is -0.227. The van der Waals surface area contributed by atoms with Gasteiger partial charge in [0, 0.05) is 56.3 Å². The van der Waals surface area contributed by atoms with Crippen molar-refractivity contribution in [1.29, 1.82) is 0 Å². The molecule has 11 atom stereocenters. The van der Waals surface area contributed by atoms with Gasteiger partial charge < -0.3 is 55.8 Å². The lowest BCUT2D eigenvalue weighted by atomic mass is 9.43. The number of rotatable bonds is 36. The van der Waals surface area contributed by atoms with E-state index in [0.717, 1.165) is 96.9 Å². The Bertz CT molecular complexity index is 1330. The fourth-order valence-electron chi connectivity index (χ4n) is 12.8. The molecule has 0 radical (unpaired) electrons. The predicted octanol–water partition coefficient (Wildman–Crippen LogP) is 8.22. The molecular formula is C50H96N8O7. The minimum Gasteiger partial charge on any atom is -0.379 e. The van der Waals surface area contributed by atoms with Gasteiger partial charge in [0.15, 0.2) is 0 Å². The number of unbranched alkanes of at least 4 members (excludes halogenated alkanes) is 5. The summed E-state index contributed by atoms with van der Waals surface area (Å²) < 4.78 is 37.2. The number of amides is 2. The SMILES string of the molecule is CCCCCCCCN(CCC[C@@H](C)C1CC[C@H]2C3[C@H](OCCCN)CC4C[C@H](OCCCN)CCC4(C)[C@H]3C[C@H](OCCCN)C12C)C(=O)NCCOCCOCCOCCN=[N+]=[N-]. The second-order valence-electron chi connectivity index (χ2n) is 20.4. The van der Waals surface area contributed by atoms with Crippen LogP contribution in [0.4, 0.5) is 4.79 Å². The number of nitrogens with one attached hydrogen (secondary N) is 1. The first kappa shape index (κ1) is 55.8. The minimum absolute atomic E-state index is 0.00413. The Hall–Kier alpha value is -1.78. The highest BCUT2D eigenvalue weighted by Crippen LogP contribution is 2.69. The topological polar surface area (TPSA) is 215 Å². The Balaban J connectivity index is 1.38. The van der Waals surface area contributed by atoms with E-state index in [2.05, 4.69) is 47.9 Å². The van der Waals surface area contributed by atoms with Crippen LogP contribution in [0.15, 0.2) is 5.11 Å². The van der Waals surface area contributed by atoms with E-state index >= 15 is 0 Å². The van der Waals surface area contributed by atoms with Crippen molar-refractivity contribution in [3.05, 3.63) is 10.4 Å². The molecule has 65 heavy (non-hydrogen) atoms. The smallest absolute Gasteiger partial charge is 0.317 e. The second-order valence-corrected chi connectivity index (χ2v) is 20.4. The van der Waals surface area contributed by atoms with E-state index < -0.39 is 0 Å². The van der Waals surface area contributed by atoms with Crippen molar-refractivity contribution in [2.75, 3.05) is 105 Å². The quantitative estimate of drug-likeness (QED) is 0.0205. The van der Waals surface area contributed by atoms with Crippen molar-refractivity contribution >= 4 is 6.03 Å². The summed E-state index contributed by atoms with van der Waals surface area (Å²) in [6.45, 7) is 19.0. The zero-order valence-electron chi connectivity index (χ0n) is 41.6. The predicted molar refractivity (Wildman–Crippen MR) is 259 cm³/mol. The molecule has 4 fully saturated rings. The van der Waals surface area contributed by atoms with Crippen LogP contribution in [0, 0.1) is 46.3 Å². The molecule has 0 heterocycles. The van der Waals surface area contributed by atoms with E-state index in [-0.39, 0.29) is 29.1 Å². The van der Waals surface area contributed by atoms with Crippen LogP contribution in [0.2, 0.25) is 0 Å². The molecule has 4 saturated carbocycles. The molecule has 0 bridgehead atoms. The molecule has 7 N–H and O–H groups in total. The summed E-state index contributed by atoms with van der Waals surface area (Å²) in [5.74, 6) is 3.20. The van der Waals surface area contributed by atoms with Crippen LogP contribution in [-0.4, -0.2) is 135 Å². The lowest BCUT2D eigenvalue weighted by Crippen LogP contribution is -2.63. The summed E-state index contributed by atoms with van der Waals surface area (Å²) in [6, 6.07) is 0.00413. The maximum atomic E-state index is 13.7. The van der Waals surface area contributed by atoms with Gasteiger partial charge in [0.2, 0.25) is 0 Å². The van der Waals surface area contributed by atoms with Gasteiger partial charge in [0.25, 0.3) is 0 Å². The van der Waals surface area contributed by atoms with E-state index in [0.29, 0.717) is 121 Å². The molecule has 5 unspecified atom stereocenters. The summed E-state index contributed by atoms with van der Waals surface area (Å²) in [6.07, 6.45) is 20.7. The molecule has 2 amide bonds. The average molecular weight is 921 g/mol. The fourth-order valence-corrected chi connectivity index (χ4v) is 12.8. The Morgan fingerprint density at radius 3 is 2.11 bits per heavy atom. The fraction of sp³-hybridized carbons (Fsp3) is 0.980. The molecule has 0 aromatic carbocycles. The Morgan fingerprint density at radius 1 is 0.754 bits per heavy atom. The van der Waals surface area contributed by atoms with Gasteiger partial charge in [-0.3, -0.25) is 0 Å². The molecule has 0 aromatic rings. The summed E-state index contributed by atoms with van der Waals surface area (Å²) in [4.78, 5) is 18.4. The van der Waals surface area contributed by atoms with Crippen molar-refractivity contribution in [2.24, 2.45) is 68.7 Å². The van der Waals surface area contributed by atoms with E-state index in [4.69, 9.17) is 51.2 Å². The lowest BCUT2D eigenvalue weighted by Gasteiger charge is -2.65. The largest absolute Gasteiger partial charge is 0.379 e. The number of hydrogen-bond acceptors (Lipinski definition) is 11. The standard InChI is InChI=1S/C50H96N8O7/c1-5-6-7-8-9-10-25-58(48(59)55-23-30-60-32-34-62-35-33-61-31-24-56-57-54)26-11-15-39(2)42-16-17-43-47-44(38-46(50(42,43)4)65-29-14-22-53)49(3)19-18-41(63-27-12-20-51)36-40(49)37-45(47)64-28-13-21-52/h39-47H,5-38,51-53H2,1-4H3,(H,55,59)/t39-,40?,41-,42?,43+,44+,45-,46+,47?,49?,50?/m1/s1. The van der Waals surface area contributed by atoms with Gasteiger partial charge in [-0.15, -0.1) is 0 Å². The van der Waals surface area contributed by atoms with Crippen LogP contribution in [0.25, 0.3) is 10.4 Å². The van der Waals surface area contributed by atoms with Crippen LogP contribution >= 0.6 is 0 Å². The highest BCUT2D eigenvalue weighted by molar-refractivity contribution is 5.74. The number of urea groups is 1. The Labute approximate surface area is 394 Å². The molecular weight excluding hydrogens is 825 g/mol. The van der Waals surface area contributed by atoms with Crippen molar-refractivity contribution < 1.29 is 33.2 Å². The molecule has 4 aliphatic carbocycles. The average Bonchev–Trinajstić information content (AvgIpc) is 3.66. The van der Waals surface area contributed by atoms with Gasteiger partial charge in [-0.25, -0.2) is 4.79 Å². The molecule has 0 saturated heterocycles. The summed E-state index contributed by atoms with van der Waals surface area (Å²) in [7, 11) is 0. The van der Waals surface area contributed by atoms with Crippen molar-refractivity contribution in [3.63, 3.8) is 0 Å². The number of hydrogen-bond donors (Lipinski definition) is 4. The molecule has 4 rings (SSSR count). The monoisotopic (exact) mass is 921 g/mol. The Kier molecular flexibility index (Phi) is 26.9. The number of azide groups is 1. The van der Waals surface area contributed by atoms with Gasteiger partial charge >= 0.3 is 6.03 Å². The molecule has 0 spiro atoms. The van der Waals surface area contributed by atoms with Crippen LogP contribution in [0.3, 0.4) is 0 Å². The summed E-state index contributed by atoms with van der Waals surface area (Å²) >= 11 is 0. The van der Waals surface area contributed by atoms with E-state index in [1.54, 1.807) is 0 Å². The molecule has 15 nitrogen and oxygen atoms in total. The highest BCUT2D eigenvalue weighted by Gasteiger charge is 2.66. The summed E-state index contributed by atoms with van der Waals surface area (Å²) in [5, 5.41) is 6.59. The first-order chi connectivity index (χ1) is 31.7. The zero-order chi connectivity index (χ0) is 46.8. The maximum Gasteiger partial charge on any atom is 0.317 e. The normalized spacial score (nSPS) is 30.0. The van der Waals surface area contributed by atoms with Gasteiger partial charge in [-0.2, -0.15) is 0 Å². The number of carbonyl (C=O) groups is 1. The van der Waals surface area contributed by atoms with Crippen LogP contribution in [-0.2, 0) is 28.4 Å². The van der Waals surface area contributed by atoms with Crippen molar-refractivity contribution in [1.82, 2.24) is 10.2 Å². The van der Waals surface area contributed by atoms with Crippen molar-refractivity contribution in [3.8, 4) is 0 Å². The Morgan fingerprint density at radius 2 is 1.40 bits per heavy atom. The maximum absolute atomic E-state index is 13.7. The van der Waals surface area contributed by atoms with Crippen LogP contribution < -0.4 is 22.5 Å². The van der Waals surface area contributed by atoms with Crippen LogP contribution in [0.5, 0.6) is 0 Å². The summed E-state index contributed by atoms with van der Waals surface area (Å²) in [5.41, 5.74) is 26.5. The molecule has 0 aliphatic heterocycles. The minimum atomic E-state index is 0.00413. The first-order valence-corrected chi connectivity index (χ1v) is 26.4. The third-order valence-electron chi connectivity index (χ3n) is 16.3. The highest BCUT2D eigenvalue weighted by atomic mass is 16.5. The number of ether oxygens (including phenoxy) is 6. The van der Waals surface area contributed by atoms with E-state index in [1.165, 1.54) is 44.9 Å². The molecule has 0 aromatic heterocycles. The number of nitrogens with zero attached hydrogens (tertiary/aromatic N) is 4. The molecule has 15 heteroatoms. The van der Waals surface area contributed by atoms with Gasteiger partial charge in [0.1, 0.15) is 0 Å². The van der Waals surface area contributed by atoms with Gasteiger partial charge in [-0.05, 0) is 150 Å². The van der Waals surface area contributed by atoms with E-state index in [1.807, 2.05) is 0 Å². The molecule has 378 valence electrons. The number of fused-ring (bicyclic) bond motifs is 5. The van der Waals surface area contributed by atoms with E-state index in [9.17, 15) is 4.79 Å². The van der Waals surface area contributed by atoms with Crippen LogP contribution in [0.1, 0.15) is 143 Å².